The Kier molecular flexibility index (Phi) is 4.65. The highest BCUT2D eigenvalue weighted by atomic mass is 16.5. The fourth-order valence-corrected chi connectivity index (χ4v) is 4.74. The molecule has 0 aliphatic carbocycles. The van der Waals surface area contributed by atoms with Crippen LogP contribution in [0, 0.1) is 5.41 Å². The highest BCUT2D eigenvalue weighted by Gasteiger charge is 2.49. The van der Waals surface area contributed by atoms with Crippen LogP contribution >= 0.6 is 0 Å². The van der Waals surface area contributed by atoms with Gasteiger partial charge in [0.1, 0.15) is 5.82 Å². The molecule has 6 heteroatoms. The van der Waals surface area contributed by atoms with Gasteiger partial charge in [-0.1, -0.05) is 6.07 Å². The van der Waals surface area contributed by atoms with Crippen molar-refractivity contribution in [3.63, 3.8) is 0 Å². The first-order chi connectivity index (χ1) is 12.2. The predicted octanol–water partition coefficient (Wildman–Crippen LogP) is 1.66. The topological polar surface area (TPSA) is 71.7 Å². The maximum Gasteiger partial charge on any atom is 0.230 e. The number of nitrogens with two attached hydrogens (primary N) is 1. The van der Waals surface area contributed by atoms with Gasteiger partial charge >= 0.3 is 0 Å². The van der Waals surface area contributed by atoms with E-state index in [1.165, 1.54) is 0 Å². The number of hydrogen-bond donors (Lipinski definition) is 1. The number of rotatable bonds is 3. The van der Waals surface area contributed by atoms with Gasteiger partial charge < -0.3 is 15.4 Å². The first kappa shape index (κ1) is 16.8. The van der Waals surface area contributed by atoms with Gasteiger partial charge in [0.25, 0.3) is 0 Å². The van der Waals surface area contributed by atoms with Crippen molar-refractivity contribution >= 4 is 11.7 Å². The van der Waals surface area contributed by atoms with Gasteiger partial charge in [-0.15, -0.1) is 0 Å². The summed E-state index contributed by atoms with van der Waals surface area (Å²) >= 11 is 0. The van der Waals surface area contributed by atoms with Crippen molar-refractivity contribution in [3.05, 3.63) is 23.9 Å². The number of nitrogen functional groups attached to an aromatic ring is 1. The molecule has 1 aromatic rings. The summed E-state index contributed by atoms with van der Waals surface area (Å²) in [5.74, 6) is 0.981. The zero-order chi connectivity index (χ0) is 17.3. The third-order valence-corrected chi connectivity index (χ3v) is 6.15. The SMILES string of the molecule is Nc1ncccc1CN1CCC2(CCCN(C3CCOCC3)C2=O)C1. The fraction of sp³-hybridized carbons (Fsp3) is 0.684. The molecule has 2 N–H and O–H groups in total. The molecule has 1 atom stereocenters. The van der Waals surface area contributed by atoms with Crippen LogP contribution in [0.5, 0.6) is 0 Å². The molecule has 0 bridgehead atoms. The Hall–Kier alpha value is -1.66. The number of aromatic nitrogens is 1. The lowest BCUT2D eigenvalue weighted by molar-refractivity contribution is -0.150. The molecule has 0 saturated carbocycles. The summed E-state index contributed by atoms with van der Waals surface area (Å²) < 4.78 is 5.47. The molecule has 1 aromatic heterocycles. The summed E-state index contributed by atoms with van der Waals surface area (Å²) in [5, 5.41) is 0. The van der Waals surface area contributed by atoms with Crippen molar-refractivity contribution in [3.8, 4) is 0 Å². The van der Waals surface area contributed by atoms with Gasteiger partial charge in [-0.25, -0.2) is 4.98 Å². The minimum absolute atomic E-state index is 0.187. The summed E-state index contributed by atoms with van der Waals surface area (Å²) in [5.41, 5.74) is 6.86. The average molecular weight is 344 g/mol. The molecule has 0 radical (unpaired) electrons. The quantitative estimate of drug-likeness (QED) is 0.903. The summed E-state index contributed by atoms with van der Waals surface area (Å²) in [6.45, 7) is 5.08. The Labute approximate surface area is 149 Å². The summed E-state index contributed by atoms with van der Waals surface area (Å²) in [6.07, 6.45) is 6.79. The number of carbonyl (C=O) groups excluding carboxylic acids is 1. The molecular formula is C19H28N4O2. The number of pyridine rings is 1. The van der Waals surface area contributed by atoms with Gasteiger partial charge in [-0.05, 0) is 44.7 Å². The van der Waals surface area contributed by atoms with Crippen molar-refractivity contribution < 1.29 is 9.53 Å². The lowest BCUT2D eigenvalue weighted by Crippen LogP contribution is -2.54. The van der Waals surface area contributed by atoms with Crippen molar-refractivity contribution in [2.75, 3.05) is 38.6 Å². The van der Waals surface area contributed by atoms with E-state index >= 15 is 0 Å². The molecule has 4 rings (SSSR count). The van der Waals surface area contributed by atoms with Crippen LogP contribution in [0.2, 0.25) is 0 Å². The standard InChI is InChI=1S/C19H28N4O2/c20-17-15(3-1-8-21-17)13-22-10-7-19(14-22)6-2-9-23(18(19)24)16-4-11-25-12-5-16/h1,3,8,16H,2,4-7,9-14H2,(H2,20,21). The van der Waals surface area contributed by atoms with E-state index in [0.717, 1.165) is 77.1 Å². The van der Waals surface area contributed by atoms with E-state index in [1.54, 1.807) is 6.20 Å². The van der Waals surface area contributed by atoms with Gasteiger partial charge in [0, 0.05) is 50.7 Å². The lowest BCUT2D eigenvalue weighted by atomic mass is 9.77. The van der Waals surface area contributed by atoms with Crippen LogP contribution < -0.4 is 5.73 Å². The monoisotopic (exact) mass is 344 g/mol. The highest BCUT2D eigenvalue weighted by molar-refractivity contribution is 5.84. The number of carbonyl (C=O) groups is 1. The molecule has 3 saturated heterocycles. The maximum absolute atomic E-state index is 13.3. The van der Waals surface area contributed by atoms with Crippen LogP contribution in [0.1, 0.15) is 37.7 Å². The van der Waals surface area contributed by atoms with Gasteiger partial charge in [-0.3, -0.25) is 9.69 Å². The second kappa shape index (κ2) is 6.92. The van der Waals surface area contributed by atoms with E-state index in [9.17, 15) is 4.79 Å². The zero-order valence-electron chi connectivity index (χ0n) is 14.8. The molecule has 3 aliphatic heterocycles. The number of anilines is 1. The number of hydrogen-bond acceptors (Lipinski definition) is 5. The second-order valence-electron chi connectivity index (χ2n) is 7.73. The van der Waals surface area contributed by atoms with Crippen molar-refractivity contribution in [2.45, 2.75) is 44.7 Å². The van der Waals surface area contributed by atoms with Crippen LogP contribution in [0.4, 0.5) is 5.82 Å². The Bertz CT molecular complexity index is 632. The molecule has 1 unspecified atom stereocenters. The molecule has 6 nitrogen and oxygen atoms in total. The van der Waals surface area contributed by atoms with Crippen molar-refractivity contribution in [1.29, 1.82) is 0 Å². The zero-order valence-corrected chi connectivity index (χ0v) is 14.8. The summed E-state index contributed by atoms with van der Waals surface area (Å²) in [7, 11) is 0. The molecule has 3 fully saturated rings. The number of piperidine rings is 1. The van der Waals surface area contributed by atoms with Crippen LogP contribution in [0.15, 0.2) is 18.3 Å². The Balaban J connectivity index is 1.45. The van der Waals surface area contributed by atoms with E-state index in [-0.39, 0.29) is 5.41 Å². The van der Waals surface area contributed by atoms with E-state index < -0.39 is 0 Å². The lowest BCUT2D eigenvalue weighted by Gasteiger charge is -2.44. The van der Waals surface area contributed by atoms with Crippen LogP contribution in [0.3, 0.4) is 0 Å². The largest absolute Gasteiger partial charge is 0.383 e. The minimum Gasteiger partial charge on any atom is -0.383 e. The van der Waals surface area contributed by atoms with Crippen LogP contribution in [-0.2, 0) is 16.1 Å². The molecule has 0 aromatic carbocycles. The molecule has 1 amide bonds. The number of nitrogens with zero attached hydrogens (tertiary/aromatic N) is 3. The normalized spacial score (nSPS) is 28.8. The molecule has 136 valence electrons. The third-order valence-electron chi connectivity index (χ3n) is 6.15. The summed E-state index contributed by atoms with van der Waals surface area (Å²) in [4.78, 5) is 22.1. The van der Waals surface area contributed by atoms with Gasteiger partial charge in [0.05, 0.1) is 5.41 Å². The van der Waals surface area contributed by atoms with Gasteiger partial charge in [0.15, 0.2) is 0 Å². The Morgan fingerprint density at radius 3 is 2.92 bits per heavy atom. The summed E-state index contributed by atoms with van der Waals surface area (Å²) in [6, 6.07) is 4.34. The highest BCUT2D eigenvalue weighted by Crippen LogP contribution is 2.41. The van der Waals surface area contributed by atoms with Crippen LogP contribution in [-0.4, -0.2) is 59.6 Å². The van der Waals surface area contributed by atoms with E-state index in [0.29, 0.717) is 17.8 Å². The number of likely N-dealkylation sites (tertiary alicyclic amines) is 2. The molecule has 25 heavy (non-hydrogen) atoms. The molecule has 3 aliphatic rings. The van der Waals surface area contributed by atoms with Gasteiger partial charge in [0.2, 0.25) is 5.91 Å². The Morgan fingerprint density at radius 2 is 2.12 bits per heavy atom. The first-order valence-electron chi connectivity index (χ1n) is 9.48. The second-order valence-corrected chi connectivity index (χ2v) is 7.73. The minimum atomic E-state index is -0.187. The number of ether oxygens (including phenoxy) is 1. The predicted molar refractivity (Wildman–Crippen MR) is 95.8 cm³/mol. The van der Waals surface area contributed by atoms with Gasteiger partial charge in [-0.2, -0.15) is 0 Å². The van der Waals surface area contributed by atoms with E-state index in [4.69, 9.17) is 10.5 Å². The van der Waals surface area contributed by atoms with E-state index in [2.05, 4.69) is 14.8 Å². The fourth-order valence-electron chi connectivity index (χ4n) is 4.74. The molecule has 4 heterocycles. The van der Waals surface area contributed by atoms with Crippen molar-refractivity contribution in [2.24, 2.45) is 5.41 Å². The van der Waals surface area contributed by atoms with E-state index in [1.807, 2.05) is 12.1 Å². The van der Waals surface area contributed by atoms with Crippen molar-refractivity contribution in [1.82, 2.24) is 14.8 Å². The maximum atomic E-state index is 13.3. The first-order valence-corrected chi connectivity index (χ1v) is 9.48. The molecular weight excluding hydrogens is 316 g/mol. The van der Waals surface area contributed by atoms with Crippen LogP contribution in [0.25, 0.3) is 0 Å². The Morgan fingerprint density at radius 1 is 1.28 bits per heavy atom. The third kappa shape index (κ3) is 3.25. The number of amides is 1. The average Bonchev–Trinajstić information content (AvgIpc) is 3.04. The smallest absolute Gasteiger partial charge is 0.230 e. The molecule has 1 spiro atoms.